The van der Waals surface area contributed by atoms with Gasteiger partial charge in [0, 0.05) is 39.4 Å². The fourth-order valence-electron chi connectivity index (χ4n) is 4.04. The number of H-pyrrole nitrogens is 1. The van der Waals surface area contributed by atoms with Crippen LogP contribution in [0, 0.1) is 0 Å². The van der Waals surface area contributed by atoms with Crippen LogP contribution in [0.1, 0.15) is 37.1 Å². The third-order valence-corrected chi connectivity index (χ3v) is 6.44. The average molecular weight is 485 g/mol. The number of nitrogens with one attached hydrogen (secondary N) is 1. The lowest BCUT2D eigenvalue weighted by atomic mass is 9.88. The molecule has 162 valence electrons. The number of ether oxygens (including phenoxy) is 1. The van der Waals surface area contributed by atoms with E-state index >= 15 is 0 Å². The Labute approximate surface area is 201 Å². The largest absolute Gasteiger partial charge is 0.467 e. The highest BCUT2D eigenvalue weighted by Crippen LogP contribution is 2.44. The number of aromatic nitrogens is 3. The second kappa shape index (κ2) is 8.11. The Morgan fingerprint density at radius 1 is 1.06 bits per heavy atom. The Bertz CT molecular complexity index is 1270. The molecule has 1 aromatic carbocycles. The fourth-order valence-corrected chi connectivity index (χ4v) is 4.80. The van der Waals surface area contributed by atoms with Gasteiger partial charge in [0.05, 0.1) is 17.3 Å². The van der Waals surface area contributed by atoms with Crippen LogP contribution in [0.25, 0.3) is 22.3 Å². The predicted molar refractivity (Wildman–Crippen MR) is 131 cm³/mol. The molecule has 2 aromatic heterocycles. The van der Waals surface area contributed by atoms with Gasteiger partial charge in [-0.2, -0.15) is 5.10 Å². The van der Waals surface area contributed by atoms with E-state index in [1.165, 1.54) is 0 Å². The van der Waals surface area contributed by atoms with E-state index in [9.17, 15) is 0 Å². The molecule has 3 aromatic rings. The second-order valence-corrected chi connectivity index (χ2v) is 9.85. The van der Waals surface area contributed by atoms with Crippen molar-refractivity contribution in [3.8, 4) is 17.0 Å². The molecule has 5 rings (SSSR count). The maximum atomic E-state index is 6.73. The first-order valence-electron chi connectivity index (χ1n) is 10.2. The van der Waals surface area contributed by atoms with E-state index < -0.39 is 5.60 Å². The quantitative estimate of drug-likeness (QED) is 0.398. The summed E-state index contributed by atoms with van der Waals surface area (Å²) < 4.78 is 6.29. The Hall–Kier alpha value is -2.53. The van der Waals surface area contributed by atoms with Gasteiger partial charge in [0.1, 0.15) is 5.60 Å². The number of fused-ring (bicyclic) bond motifs is 1. The molecule has 0 spiro atoms. The van der Waals surface area contributed by atoms with E-state index in [-0.39, 0.29) is 5.38 Å². The molecule has 1 N–H and O–H groups in total. The molecule has 0 amide bonds. The van der Waals surface area contributed by atoms with E-state index in [2.05, 4.69) is 22.3 Å². The Kier molecular flexibility index (Phi) is 5.40. The lowest BCUT2D eigenvalue weighted by Crippen LogP contribution is -2.30. The summed E-state index contributed by atoms with van der Waals surface area (Å²) in [4.78, 5) is 5.02. The van der Waals surface area contributed by atoms with Gasteiger partial charge in [0.25, 0.3) is 0 Å². The van der Waals surface area contributed by atoms with Gasteiger partial charge in [-0.25, -0.2) is 4.98 Å². The van der Waals surface area contributed by atoms with Crippen molar-refractivity contribution in [2.45, 2.75) is 31.2 Å². The number of pyridine rings is 1. The van der Waals surface area contributed by atoms with Crippen LogP contribution in [-0.4, -0.2) is 26.2 Å². The summed E-state index contributed by atoms with van der Waals surface area (Å²) in [7, 11) is 0. The van der Waals surface area contributed by atoms with Crippen LogP contribution < -0.4 is 4.74 Å². The minimum Gasteiger partial charge on any atom is -0.467 e. The number of rotatable bonds is 3. The summed E-state index contributed by atoms with van der Waals surface area (Å²) in [6, 6.07) is 9.83. The molecule has 1 unspecified atom stereocenters. The molecule has 0 bridgehead atoms. The molecular weight excluding hydrogens is 465 g/mol. The van der Waals surface area contributed by atoms with Crippen LogP contribution in [0.15, 0.2) is 66.0 Å². The third kappa shape index (κ3) is 3.99. The van der Waals surface area contributed by atoms with E-state index in [1.807, 2.05) is 56.5 Å². The zero-order valence-corrected chi connectivity index (χ0v) is 19.8. The predicted octanol–water partition coefficient (Wildman–Crippen LogP) is 7.25. The highest BCUT2D eigenvalue weighted by molar-refractivity contribution is 6.33. The number of benzene rings is 1. The minimum atomic E-state index is -0.532. The molecule has 0 fully saturated rings. The maximum absolute atomic E-state index is 6.73. The summed E-state index contributed by atoms with van der Waals surface area (Å²) in [6.45, 7) is 4.02. The fraction of sp³-hybridized carbons (Fsp3) is 0.200. The first-order valence-corrected chi connectivity index (χ1v) is 11.4. The molecule has 1 aliphatic heterocycles. The van der Waals surface area contributed by atoms with Crippen molar-refractivity contribution in [2.75, 3.05) is 0 Å². The number of alkyl halides is 1. The van der Waals surface area contributed by atoms with Crippen molar-refractivity contribution in [1.82, 2.24) is 15.2 Å². The highest BCUT2D eigenvalue weighted by atomic mass is 35.5. The molecule has 2 aliphatic rings. The van der Waals surface area contributed by atoms with Crippen molar-refractivity contribution in [3.63, 3.8) is 0 Å². The van der Waals surface area contributed by atoms with E-state index in [0.717, 1.165) is 44.1 Å². The average Bonchev–Trinajstić information content (AvgIpc) is 3.27. The normalized spacial score (nSPS) is 19.4. The minimum absolute atomic E-state index is 0.287. The van der Waals surface area contributed by atoms with Gasteiger partial charge in [0.2, 0.25) is 5.88 Å². The molecular formula is C25H20Cl3N3O. The smallest absolute Gasteiger partial charge is 0.222 e. The number of nitrogens with zero attached hydrogens (tertiary/aromatic N) is 2. The first-order chi connectivity index (χ1) is 15.3. The molecule has 1 aliphatic carbocycles. The zero-order valence-electron chi connectivity index (χ0n) is 17.5. The molecule has 1 atom stereocenters. The van der Waals surface area contributed by atoms with E-state index in [0.29, 0.717) is 17.3 Å². The molecule has 4 nitrogen and oxygen atoms in total. The molecule has 3 heterocycles. The Morgan fingerprint density at radius 2 is 1.84 bits per heavy atom. The van der Waals surface area contributed by atoms with Gasteiger partial charge in [-0.05, 0) is 60.9 Å². The van der Waals surface area contributed by atoms with Gasteiger partial charge in [-0.3, -0.25) is 5.10 Å². The van der Waals surface area contributed by atoms with Crippen LogP contribution >= 0.6 is 34.8 Å². The van der Waals surface area contributed by atoms with Crippen LogP contribution in [0.4, 0.5) is 0 Å². The highest BCUT2D eigenvalue weighted by Gasteiger charge is 2.32. The van der Waals surface area contributed by atoms with Gasteiger partial charge < -0.3 is 4.74 Å². The lowest BCUT2D eigenvalue weighted by Gasteiger charge is -2.31. The summed E-state index contributed by atoms with van der Waals surface area (Å²) >= 11 is 19.1. The van der Waals surface area contributed by atoms with Crippen LogP contribution in [0.2, 0.25) is 5.02 Å². The van der Waals surface area contributed by atoms with Crippen molar-refractivity contribution in [1.29, 1.82) is 0 Å². The third-order valence-electron chi connectivity index (χ3n) is 5.52. The van der Waals surface area contributed by atoms with Crippen molar-refractivity contribution >= 4 is 45.9 Å². The number of aromatic amines is 1. The summed E-state index contributed by atoms with van der Waals surface area (Å²) in [5.74, 6) is 0.562. The number of halogens is 3. The van der Waals surface area contributed by atoms with Crippen LogP contribution in [-0.2, 0) is 0 Å². The molecule has 7 heteroatoms. The maximum Gasteiger partial charge on any atom is 0.222 e. The standard InChI is InChI=1S/C25H20Cl3N3O/c1-25(2)11-21(15-12-29-30-13-15)20-10-19(14-3-5-16(26)6-4-14)23(31-24(20)32-25)18-8-7-17(27)9-22(18)28/h3-8,10-13,22H,9H2,1-2H3,(H,29,30). The van der Waals surface area contributed by atoms with Gasteiger partial charge in [0.15, 0.2) is 0 Å². The van der Waals surface area contributed by atoms with Gasteiger partial charge in [-0.15, -0.1) is 11.6 Å². The van der Waals surface area contributed by atoms with Crippen molar-refractivity contribution in [3.05, 3.63) is 87.8 Å². The van der Waals surface area contributed by atoms with E-state index in [4.69, 9.17) is 44.5 Å². The molecule has 0 radical (unpaired) electrons. The summed E-state index contributed by atoms with van der Waals surface area (Å²) in [5, 5.41) is 8.14. The molecule has 0 saturated carbocycles. The Balaban J connectivity index is 1.77. The van der Waals surface area contributed by atoms with Crippen LogP contribution in [0.5, 0.6) is 5.88 Å². The molecule has 0 saturated heterocycles. The van der Waals surface area contributed by atoms with Crippen molar-refractivity contribution in [2.24, 2.45) is 0 Å². The summed E-state index contributed by atoms with van der Waals surface area (Å²) in [6.07, 6.45) is 10.2. The lowest BCUT2D eigenvalue weighted by molar-refractivity contribution is 0.150. The number of hydrogen-bond donors (Lipinski definition) is 1. The number of allylic oxidation sites excluding steroid dienone is 4. The number of hydrogen-bond acceptors (Lipinski definition) is 3. The Morgan fingerprint density at radius 3 is 2.53 bits per heavy atom. The topological polar surface area (TPSA) is 50.8 Å². The second-order valence-electron chi connectivity index (χ2n) is 8.40. The monoisotopic (exact) mass is 483 g/mol. The van der Waals surface area contributed by atoms with Gasteiger partial charge >= 0.3 is 0 Å². The summed E-state index contributed by atoms with van der Waals surface area (Å²) in [5.41, 5.74) is 5.97. The van der Waals surface area contributed by atoms with Crippen LogP contribution in [0.3, 0.4) is 0 Å². The van der Waals surface area contributed by atoms with Gasteiger partial charge in [-0.1, -0.05) is 41.4 Å². The zero-order chi connectivity index (χ0) is 22.5. The SMILES string of the molecule is CC1(C)C=C(c2cn[nH]c2)c2cc(-c3ccc(Cl)cc3)c(C3=CC=C(Cl)CC3Cl)nc2O1. The first kappa shape index (κ1) is 21.3. The van der Waals surface area contributed by atoms with Crippen molar-refractivity contribution < 1.29 is 4.74 Å². The van der Waals surface area contributed by atoms with E-state index in [1.54, 1.807) is 6.20 Å². The molecule has 32 heavy (non-hydrogen) atoms.